The first-order chi connectivity index (χ1) is 10.6. The van der Waals surface area contributed by atoms with Gasteiger partial charge in [-0.15, -0.1) is 0 Å². The molecule has 0 aromatic carbocycles. The number of hydrogen-bond acceptors (Lipinski definition) is 3. The van der Waals surface area contributed by atoms with Crippen LogP contribution in [0.5, 0.6) is 0 Å². The number of nitrogens with zero attached hydrogens (tertiary/aromatic N) is 1. The molecule has 1 rings (SSSR count). The van der Waals surface area contributed by atoms with Gasteiger partial charge in [0.25, 0.3) is 0 Å². The van der Waals surface area contributed by atoms with E-state index in [1.165, 1.54) is 18.7 Å². The molecule has 0 spiro atoms. The average Bonchev–Trinajstić information content (AvgIpc) is 2.44. The summed E-state index contributed by atoms with van der Waals surface area (Å²) in [6.07, 6.45) is 4.63. The van der Waals surface area contributed by atoms with E-state index in [9.17, 15) is 19.5 Å². The van der Waals surface area contributed by atoms with Crippen LogP contribution in [0.25, 0.3) is 0 Å². The fourth-order valence-corrected chi connectivity index (χ4v) is 3.05. The van der Waals surface area contributed by atoms with Crippen molar-refractivity contribution in [3.05, 3.63) is 0 Å². The van der Waals surface area contributed by atoms with Crippen molar-refractivity contribution >= 4 is 17.8 Å². The zero-order chi connectivity index (χ0) is 17.6. The molecule has 0 aromatic rings. The maximum Gasteiger partial charge on any atom is 0.326 e. The van der Waals surface area contributed by atoms with E-state index >= 15 is 0 Å². The van der Waals surface area contributed by atoms with Crippen molar-refractivity contribution in [1.82, 2.24) is 10.2 Å². The third kappa shape index (κ3) is 6.59. The molecule has 1 fully saturated rings. The number of hydrogen-bond donors (Lipinski definition) is 2. The number of carbonyl (C=O) groups excluding carboxylic acids is 2. The molecular weight excluding hydrogens is 296 g/mol. The third-order valence-corrected chi connectivity index (χ3v) is 4.79. The largest absolute Gasteiger partial charge is 0.480 e. The van der Waals surface area contributed by atoms with Crippen molar-refractivity contribution in [3.63, 3.8) is 0 Å². The van der Waals surface area contributed by atoms with Crippen LogP contribution in [0, 0.1) is 11.3 Å². The third-order valence-electron chi connectivity index (χ3n) is 4.79. The molecule has 0 saturated heterocycles. The zero-order valence-electron chi connectivity index (χ0n) is 14.7. The van der Waals surface area contributed by atoms with Gasteiger partial charge in [-0.25, -0.2) is 4.79 Å². The minimum absolute atomic E-state index is 0.130. The molecule has 2 amide bonds. The van der Waals surface area contributed by atoms with Crippen LogP contribution in [-0.2, 0) is 14.4 Å². The minimum atomic E-state index is -1.02. The lowest BCUT2D eigenvalue weighted by molar-refractivity contribution is -0.150. The van der Waals surface area contributed by atoms with Crippen molar-refractivity contribution in [2.45, 2.75) is 65.8 Å². The van der Waals surface area contributed by atoms with Gasteiger partial charge in [-0.3, -0.25) is 9.59 Å². The molecule has 0 aromatic heterocycles. The summed E-state index contributed by atoms with van der Waals surface area (Å²) in [6.45, 7) is 7.91. The Kier molecular flexibility index (Phi) is 7.03. The number of carboxylic acids is 1. The highest BCUT2D eigenvalue weighted by Crippen LogP contribution is 2.39. The van der Waals surface area contributed by atoms with E-state index in [0.717, 1.165) is 25.7 Å². The number of rotatable bonds is 7. The average molecular weight is 326 g/mol. The summed E-state index contributed by atoms with van der Waals surface area (Å²) in [5.74, 6) is -1.00. The van der Waals surface area contributed by atoms with Gasteiger partial charge in [0, 0.05) is 26.4 Å². The van der Waals surface area contributed by atoms with Crippen LogP contribution in [0.15, 0.2) is 0 Å². The molecule has 1 atom stereocenters. The molecular formula is C17H30N2O4. The Labute approximate surface area is 138 Å². The lowest BCUT2D eigenvalue weighted by Crippen LogP contribution is -2.47. The fourth-order valence-electron chi connectivity index (χ4n) is 3.05. The number of aliphatic carboxylic acids is 1. The molecule has 1 aliphatic rings. The van der Waals surface area contributed by atoms with E-state index in [-0.39, 0.29) is 24.9 Å². The predicted octanol–water partition coefficient (Wildman–Crippen LogP) is 2.03. The summed E-state index contributed by atoms with van der Waals surface area (Å²) in [7, 11) is 0. The van der Waals surface area contributed by atoms with E-state index < -0.39 is 12.0 Å². The molecule has 6 nitrogen and oxygen atoms in total. The summed E-state index contributed by atoms with van der Waals surface area (Å²) in [5, 5.41) is 11.8. The van der Waals surface area contributed by atoms with Crippen LogP contribution in [0.2, 0.25) is 0 Å². The van der Waals surface area contributed by atoms with Crippen LogP contribution in [0.4, 0.5) is 0 Å². The molecule has 1 aliphatic carbocycles. The number of nitrogens with one attached hydrogen (secondary N) is 1. The topological polar surface area (TPSA) is 86.7 Å². The first-order valence-corrected chi connectivity index (χ1v) is 8.39. The van der Waals surface area contributed by atoms with Gasteiger partial charge in [0.2, 0.25) is 11.8 Å². The van der Waals surface area contributed by atoms with E-state index in [2.05, 4.69) is 19.2 Å². The van der Waals surface area contributed by atoms with E-state index in [4.69, 9.17) is 0 Å². The normalized spacial score (nSPS) is 19.0. The van der Waals surface area contributed by atoms with Gasteiger partial charge in [0.15, 0.2) is 0 Å². The van der Waals surface area contributed by atoms with Crippen LogP contribution < -0.4 is 5.32 Å². The predicted molar refractivity (Wildman–Crippen MR) is 87.9 cm³/mol. The van der Waals surface area contributed by atoms with Gasteiger partial charge in [-0.2, -0.15) is 0 Å². The fraction of sp³-hybridized carbons (Fsp3) is 0.824. The first kappa shape index (κ1) is 19.5. The summed E-state index contributed by atoms with van der Waals surface area (Å²) >= 11 is 0. The molecule has 1 unspecified atom stereocenters. The van der Waals surface area contributed by atoms with Crippen molar-refractivity contribution < 1.29 is 19.5 Å². The molecule has 6 heteroatoms. The van der Waals surface area contributed by atoms with Crippen molar-refractivity contribution in [2.75, 3.05) is 13.1 Å². The van der Waals surface area contributed by atoms with Crippen LogP contribution in [-0.4, -0.2) is 46.9 Å². The lowest BCUT2D eigenvalue weighted by Gasteiger charge is -2.35. The molecule has 132 valence electrons. The van der Waals surface area contributed by atoms with Crippen molar-refractivity contribution in [2.24, 2.45) is 11.3 Å². The Morgan fingerprint density at radius 1 is 1.26 bits per heavy atom. The maximum absolute atomic E-state index is 12.5. The quantitative estimate of drug-likeness (QED) is 0.749. The first-order valence-electron chi connectivity index (χ1n) is 8.39. The Balaban J connectivity index is 2.60. The second-order valence-electron chi connectivity index (χ2n) is 7.40. The Bertz CT molecular complexity index is 438. The zero-order valence-corrected chi connectivity index (χ0v) is 14.7. The second-order valence-corrected chi connectivity index (χ2v) is 7.40. The standard InChI is InChI=1S/C17H30N2O4/c1-12(16(22)23)19(10-9-18-13(2)20)15(21)11-14-5-7-17(3,4)8-6-14/h12,14H,5-11H2,1-4H3,(H,18,20)(H,22,23). The molecule has 2 N–H and O–H groups in total. The number of carboxylic acid groups (broad SMARTS) is 1. The van der Waals surface area contributed by atoms with Gasteiger partial charge in [0.05, 0.1) is 0 Å². The van der Waals surface area contributed by atoms with Gasteiger partial charge < -0.3 is 15.3 Å². The second kappa shape index (κ2) is 8.31. The molecule has 0 bridgehead atoms. The summed E-state index contributed by atoms with van der Waals surface area (Å²) in [4.78, 5) is 36.1. The minimum Gasteiger partial charge on any atom is -0.480 e. The number of amides is 2. The molecule has 0 radical (unpaired) electrons. The SMILES string of the molecule is CC(=O)NCCN(C(=O)CC1CCC(C)(C)CC1)C(C)C(=O)O. The summed E-state index contributed by atoms with van der Waals surface area (Å²) in [5.41, 5.74) is 0.346. The molecule has 0 heterocycles. The highest BCUT2D eigenvalue weighted by molar-refractivity contribution is 5.83. The Morgan fingerprint density at radius 2 is 1.83 bits per heavy atom. The Hall–Kier alpha value is -1.59. The lowest BCUT2D eigenvalue weighted by atomic mass is 9.72. The van der Waals surface area contributed by atoms with E-state index in [1.807, 2.05) is 0 Å². The van der Waals surface area contributed by atoms with E-state index in [1.54, 1.807) is 0 Å². The van der Waals surface area contributed by atoms with Crippen molar-refractivity contribution in [3.8, 4) is 0 Å². The van der Waals surface area contributed by atoms with Gasteiger partial charge in [0.1, 0.15) is 6.04 Å². The highest BCUT2D eigenvalue weighted by atomic mass is 16.4. The Morgan fingerprint density at radius 3 is 2.30 bits per heavy atom. The number of carbonyl (C=O) groups is 3. The molecule has 23 heavy (non-hydrogen) atoms. The van der Waals surface area contributed by atoms with Crippen LogP contribution >= 0.6 is 0 Å². The van der Waals surface area contributed by atoms with Gasteiger partial charge in [-0.1, -0.05) is 13.8 Å². The van der Waals surface area contributed by atoms with Crippen LogP contribution in [0.3, 0.4) is 0 Å². The monoisotopic (exact) mass is 326 g/mol. The van der Waals surface area contributed by atoms with Crippen LogP contribution in [0.1, 0.15) is 59.8 Å². The van der Waals surface area contributed by atoms with E-state index in [0.29, 0.717) is 17.8 Å². The van der Waals surface area contributed by atoms with Gasteiger partial charge in [-0.05, 0) is 43.9 Å². The smallest absolute Gasteiger partial charge is 0.326 e. The summed E-state index contributed by atoms with van der Waals surface area (Å²) < 4.78 is 0. The van der Waals surface area contributed by atoms with Gasteiger partial charge >= 0.3 is 5.97 Å². The van der Waals surface area contributed by atoms with Crippen molar-refractivity contribution in [1.29, 1.82) is 0 Å². The molecule has 1 saturated carbocycles. The molecule has 0 aliphatic heterocycles. The maximum atomic E-state index is 12.5. The highest BCUT2D eigenvalue weighted by Gasteiger charge is 2.31. The summed E-state index contributed by atoms with van der Waals surface area (Å²) in [6, 6.07) is -0.878.